The Morgan fingerprint density at radius 2 is 1.87 bits per heavy atom. The zero-order valence-electron chi connectivity index (χ0n) is 15.9. The van der Waals surface area contributed by atoms with Gasteiger partial charge in [-0.1, -0.05) is 41.9 Å². The van der Waals surface area contributed by atoms with Gasteiger partial charge in [0.05, 0.1) is 12.2 Å². The standard InChI is InChI=1S/C23H18ClFN2O3/c24-19-4-2-1-3-17(19)12-26-23(29)16-7-10-21-20(11-16)27(22(28)14-30-21)13-15-5-8-18(25)9-6-15/h1-11H,12-14H2,(H,26,29). The Bertz CT molecular complexity index is 1100. The van der Waals surface area contributed by atoms with Crippen molar-refractivity contribution < 1.29 is 18.7 Å². The number of benzene rings is 3. The number of rotatable bonds is 5. The summed E-state index contributed by atoms with van der Waals surface area (Å²) in [4.78, 5) is 26.7. The summed E-state index contributed by atoms with van der Waals surface area (Å²) in [7, 11) is 0. The van der Waals surface area contributed by atoms with Crippen LogP contribution in [0.2, 0.25) is 5.02 Å². The molecule has 0 unspecified atom stereocenters. The number of nitrogens with zero attached hydrogens (tertiary/aromatic N) is 1. The molecule has 1 heterocycles. The second-order valence-electron chi connectivity index (χ2n) is 6.85. The van der Waals surface area contributed by atoms with Gasteiger partial charge in [0.15, 0.2) is 6.61 Å². The summed E-state index contributed by atoms with van der Waals surface area (Å²) in [5.74, 6) is -0.359. The molecular weight excluding hydrogens is 407 g/mol. The van der Waals surface area contributed by atoms with Crippen LogP contribution in [-0.2, 0) is 17.9 Å². The molecule has 1 N–H and O–H groups in total. The van der Waals surface area contributed by atoms with Crippen LogP contribution in [0.1, 0.15) is 21.5 Å². The topological polar surface area (TPSA) is 58.6 Å². The van der Waals surface area contributed by atoms with E-state index < -0.39 is 0 Å². The molecule has 0 saturated heterocycles. The second-order valence-corrected chi connectivity index (χ2v) is 7.26. The van der Waals surface area contributed by atoms with Crippen molar-refractivity contribution in [3.05, 3.63) is 94.3 Å². The number of amides is 2. The molecule has 0 atom stereocenters. The number of hydrogen-bond acceptors (Lipinski definition) is 3. The van der Waals surface area contributed by atoms with E-state index in [1.807, 2.05) is 18.2 Å². The Labute approximate surface area is 178 Å². The quantitative estimate of drug-likeness (QED) is 0.663. The van der Waals surface area contributed by atoms with Crippen LogP contribution < -0.4 is 15.0 Å². The first kappa shape index (κ1) is 19.9. The van der Waals surface area contributed by atoms with Gasteiger partial charge in [0.25, 0.3) is 11.8 Å². The van der Waals surface area contributed by atoms with E-state index in [0.717, 1.165) is 11.1 Å². The molecule has 5 nitrogen and oxygen atoms in total. The maximum absolute atomic E-state index is 13.2. The van der Waals surface area contributed by atoms with Crippen LogP contribution in [0.15, 0.2) is 66.7 Å². The fourth-order valence-electron chi connectivity index (χ4n) is 3.21. The predicted molar refractivity (Wildman–Crippen MR) is 112 cm³/mol. The molecule has 2 amide bonds. The number of carbonyl (C=O) groups is 2. The van der Waals surface area contributed by atoms with E-state index >= 15 is 0 Å². The van der Waals surface area contributed by atoms with Crippen molar-refractivity contribution in [3.8, 4) is 5.75 Å². The van der Waals surface area contributed by atoms with E-state index in [0.29, 0.717) is 22.0 Å². The van der Waals surface area contributed by atoms with E-state index in [4.69, 9.17) is 16.3 Å². The van der Waals surface area contributed by atoms with Crippen LogP contribution in [-0.4, -0.2) is 18.4 Å². The third kappa shape index (κ3) is 4.28. The van der Waals surface area contributed by atoms with Crippen molar-refractivity contribution >= 4 is 29.1 Å². The number of ether oxygens (including phenoxy) is 1. The molecule has 152 valence electrons. The zero-order valence-corrected chi connectivity index (χ0v) is 16.7. The normalized spacial score (nSPS) is 12.9. The van der Waals surface area contributed by atoms with Gasteiger partial charge in [-0.15, -0.1) is 0 Å². The fourth-order valence-corrected chi connectivity index (χ4v) is 3.41. The van der Waals surface area contributed by atoms with Crippen molar-refractivity contribution in [2.75, 3.05) is 11.5 Å². The molecule has 7 heteroatoms. The lowest BCUT2D eigenvalue weighted by Crippen LogP contribution is -2.38. The Morgan fingerprint density at radius 3 is 2.63 bits per heavy atom. The van der Waals surface area contributed by atoms with Crippen LogP contribution >= 0.6 is 11.6 Å². The minimum atomic E-state index is -0.343. The summed E-state index contributed by atoms with van der Waals surface area (Å²) >= 11 is 6.14. The van der Waals surface area contributed by atoms with Crippen molar-refractivity contribution in [3.63, 3.8) is 0 Å². The molecule has 0 aliphatic carbocycles. The smallest absolute Gasteiger partial charge is 0.265 e. The Balaban J connectivity index is 1.55. The van der Waals surface area contributed by atoms with Crippen LogP contribution in [0.3, 0.4) is 0 Å². The van der Waals surface area contributed by atoms with Gasteiger partial charge in [-0.2, -0.15) is 0 Å². The van der Waals surface area contributed by atoms with Crippen molar-refractivity contribution in [2.24, 2.45) is 0 Å². The third-order valence-electron chi connectivity index (χ3n) is 4.82. The molecule has 0 saturated carbocycles. The first-order chi connectivity index (χ1) is 14.5. The number of anilines is 1. The monoisotopic (exact) mass is 424 g/mol. The predicted octanol–water partition coefficient (Wildman–Crippen LogP) is 4.33. The SMILES string of the molecule is O=C(NCc1ccccc1Cl)c1ccc2c(c1)N(Cc1ccc(F)cc1)C(=O)CO2. The summed E-state index contributed by atoms with van der Waals surface area (Å²) in [6.45, 7) is 0.441. The number of hydrogen-bond donors (Lipinski definition) is 1. The molecule has 3 aromatic rings. The molecule has 30 heavy (non-hydrogen) atoms. The van der Waals surface area contributed by atoms with E-state index in [1.54, 1.807) is 36.4 Å². The molecule has 1 aliphatic heterocycles. The third-order valence-corrected chi connectivity index (χ3v) is 5.18. The molecule has 0 spiro atoms. The summed E-state index contributed by atoms with van der Waals surface area (Å²) < 4.78 is 18.7. The molecular formula is C23H18ClFN2O3. The molecule has 0 radical (unpaired) electrons. The van der Waals surface area contributed by atoms with Crippen molar-refractivity contribution in [1.82, 2.24) is 5.32 Å². The lowest BCUT2D eigenvalue weighted by atomic mass is 10.1. The second kappa shape index (κ2) is 8.55. The highest BCUT2D eigenvalue weighted by molar-refractivity contribution is 6.31. The largest absolute Gasteiger partial charge is 0.482 e. The van der Waals surface area contributed by atoms with Gasteiger partial charge in [-0.3, -0.25) is 9.59 Å². The van der Waals surface area contributed by atoms with Crippen LogP contribution in [0.5, 0.6) is 5.75 Å². The van der Waals surface area contributed by atoms with Crippen LogP contribution in [0, 0.1) is 5.82 Å². The van der Waals surface area contributed by atoms with E-state index in [2.05, 4.69) is 5.32 Å². The molecule has 1 aliphatic rings. The first-order valence-electron chi connectivity index (χ1n) is 9.34. The van der Waals surface area contributed by atoms with E-state index in [9.17, 15) is 14.0 Å². The van der Waals surface area contributed by atoms with Gasteiger partial charge in [0.1, 0.15) is 11.6 Å². The minimum absolute atomic E-state index is 0.0910. The van der Waals surface area contributed by atoms with Crippen LogP contribution in [0.4, 0.5) is 10.1 Å². The van der Waals surface area contributed by atoms with E-state index in [1.165, 1.54) is 17.0 Å². The molecule has 0 fully saturated rings. The summed E-state index contributed by atoms with van der Waals surface area (Å²) in [6.07, 6.45) is 0. The van der Waals surface area contributed by atoms with Crippen LogP contribution in [0.25, 0.3) is 0 Å². The summed E-state index contributed by atoms with van der Waals surface area (Å²) in [6, 6.07) is 18.2. The number of halogens is 2. The maximum Gasteiger partial charge on any atom is 0.265 e. The summed E-state index contributed by atoms with van der Waals surface area (Å²) in [5.41, 5.74) is 2.47. The molecule has 0 aromatic heterocycles. The first-order valence-corrected chi connectivity index (χ1v) is 9.72. The van der Waals surface area contributed by atoms with Gasteiger partial charge in [0.2, 0.25) is 0 Å². The van der Waals surface area contributed by atoms with Gasteiger partial charge in [-0.05, 0) is 47.5 Å². The number of fused-ring (bicyclic) bond motifs is 1. The highest BCUT2D eigenvalue weighted by Gasteiger charge is 2.26. The lowest BCUT2D eigenvalue weighted by Gasteiger charge is -2.30. The highest BCUT2D eigenvalue weighted by atomic mass is 35.5. The molecule has 4 rings (SSSR count). The van der Waals surface area contributed by atoms with Crippen molar-refractivity contribution in [1.29, 1.82) is 0 Å². The average molecular weight is 425 g/mol. The van der Waals surface area contributed by atoms with Gasteiger partial charge >= 0.3 is 0 Å². The van der Waals surface area contributed by atoms with Gasteiger partial charge in [-0.25, -0.2) is 4.39 Å². The Hall–Kier alpha value is -3.38. The average Bonchev–Trinajstić information content (AvgIpc) is 2.76. The minimum Gasteiger partial charge on any atom is -0.482 e. The van der Waals surface area contributed by atoms with E-state index in [-0.39, 0.29) is 37.3 Å². The molecule has 0 bridgehead atoms. The molecule has 3 aromatic carbocycles. The summed E-state index contributed by atoms with van der Waals surface area (Å²) in [5, 5.41) is 3.41. The Morgan fingerprint density at radius 1 is 1.10 bits per heavy atom. The van der Waals surface area contributed by atoms with Gasteiger partial charge in [0, 0.05) is 17.1 Å². The number of carbonyl (C=O) groups excluding carboxylic acids is 2. The highest BCUT2D eigenvalue weighted by Crippen LogP contribution is 2.34. The lowest BCUT2D eigenvalue weighted by molar-refractivity contribution is -0.121. The number of nitrogens with one attached hydrogen (secondary N) is 1. The Kier molecular flexibility index (Phi) is 5.68. The maximum atomic E-state index is 13.2. The fraction of sp³-hybridized carbons (Fsp3) is 0.130. The zero-order chi connectivity index (χ0) is 21.1. The van der Waals surface area contributed by atoms with Gasteiger partial charge < -0.3 is 15.0 Å². The van der Waals surface area contributed by atoms with Crippen molar-refractivity contribution in [2.45, 2.75) is 13.1 Å².